The van der Waals surface area contributed by atoms with E-state index in [4.69, 9.17) is 0 Å². The van der Waals surface area contributed by atoms with Gasteiger partial charge in [0, 0.05) is 30.7 Å². The van der Waals surface area contributed by atoms with Crippen molar-refractivity contribution in [1.82, 2.24) is 10.2 Å². The first-order valence-corrected chi connectivity index (χ1v) is 9.64. The third-order valence-corrected chi connectivity index (χ3v) is 5.38. The van der Waals surface area contributed by atoms with Gasteiger partial charge in [-0.3, -0.25) is 4.90 Å². The maximum atomic E-state index is 10.5. The summed E-state index contributed by atoms with van der Waals surface area (Å²) in [5, 5.41) is 14.0. The molecule has 2 saturated carbocycles. The van der Waals surface area contributed by atoms with Crippen molar-refractivity contribution in [3.63, 3.8) is 0 Å². The Balaban J connectivity index is 1.90. The summed E-state index contributed by atoms with van der Waals surface area (Å²) in [5.41, 5.74) is 0.0848. The summed E-state index contributed by atoms with van der Waals surface area (Å²) in [6.07, 6.45) is 13.5. The highest BCUT2D eigenvalue weighted by atomic mass is 16.3. The molecule has 0 aromatic carbocycles. The number of aliphatic hydroxyl groups excluding tert-OH is 1. The standard InChI is InChI=1S/C19H38N2O/c1-19(2,3)20-14-18(22)15-21(16-10-6-4-7-11-16)17-12-8-5-9-13-17/h16-18,20,22H,4-15H2,1-3H3. The predicted octanol–water partition coefficient (Wildman–Crippen LogP) is 3.70. The maximum Gasteiger partial charge on any atom is 0.0791 e. The zero-order chi connectivity index (χ0) is 16.0. The number of β-amino-alcohol motifs (C(OH)–C–C–N with tert-alkyl or cyclic N) is 1. The van der Waals surface area contributed by atoms with Gasteiger partial charge < -0.3 is 10.4 Å². The average molecular weight is 311 g/mol. The molecule has 0 radical (unpaired) electrons. The van der Waals surface area contributed by atoms with Crippen LogP contribution in [0.2, 0.25) is 0 Å². The van der Waals surface area contributed by atoms with E-state index in [-0.39, 0.29) is 11.6 Å². The van der Waals surface area contributed by atoms with Gasteiger partial charge in [0.25, 0.3) is 0 Å². The van der Waals surface area contributed by atoms with E-state index < -0.39 is 0 Å². The molecule has 0 amide bonds. The quantitative estimate of drug-likeness (QED) is 0.785. The third kappa shape index (κ3) is 6.17. The van der Waals surface area contributed by atoms with Crippen LogP contribution < -0.4 is 5.32 Å². The van der Waals surface area contributed by atoms with Crippen LogP contribution in [0.3, 0.4) is 0 Å². The van der Waals surface area contributed by atoms with Gasteiger partial charge in [0.05, 0.1) is 6.10 Å². The van der Waals surface area contributed by atoms with Crippen LogP contribution in [-0.4, -0.2) is 46.8 Å². The Bertz CT molecular complexity index is 283. The molecule has 2 fully saturated rings. The van der Waals surface area contributed by atoms with Gasteiger partial charge in [-0.25, -0.2) is 0 Å². The first-order valence-electron chi connectivity index (χ1n) is 9.64. The number of nitrogens with one attached hydrogen (secondary N) is 1. The summed E-state index contributed by atoms with van der Waals surface area (Å²) in [5.74, 6) is 0. The van der Waals surface area contributed by atoms with Gasteiger partial charge in [0.1, 0.15) is 0 Å². The molecule has 2 N–H and O–H groups in total. The van der Waals surface area contributed by atoms with Gasteiger partial charge in [0.2, 0.25) is 0 Å². The van der Waals surface area contributed by atoms with Gasteiger partial charge in [-0.05, 0) is 46.5 Å². The molecular weight excluding hydrogens is 272 g/mol. The number of nitrogens with zero attached hydrogens (tertiary/aromatic N) is 1. The molecule has 0 bridgehead atoms. The molecule has 3 heteroatoms. The Morgan fingerprint density at radius 1 is 0.909 bits per heavy atom. The molecule has 2 rings (SSSR count). The van der Waals surface area contributed by atoms with Gasteiger partial charge >= 0.3 is 0 Å². The van der Waals surface area contributed by atoms with E-state index in [0.717, 1.165) is 18.6 Å². The second-order valence-corrected chi connectivity index (χ2v) is 8.57. The zero-order valence-electron chi connectivity index (χ0n) is 15.1. The van der Waals surface area contributed by atoms with Crippen LogP contribution in [0.25, 0.3) is 0 Å². The van der Waals surface area contributed by atoms with E-state index in [9.17, 15) is 5.11 Å². The summed E-state index contributed by atoms with van der Waals surface area (Å²) in [7, 11) is 0. The maximum absolute atomic E-state index is 10.5. The van der Waals surface area contributed by atoms with Gasteiger partial charge in [-0.2, -0.15) is 0 Å². The second-order valence-electron chi connectivity index (χ2n) is 8.57. The van der Waals surface area contributed by atoms with Crippen molar-refractivity contribution in [2.75, 3.05) is 13.1 Å². The molecule has 0 spiro atoms. The minimum absolute atomic E-state index is 0.0848. The molecule has 1 atom stereocenters. The normalized spacial score (nSPS) is 23.9. The highest BCUT2D eigenvalue weighted by molar-refractivity contribution is 4.86. The lowest BCUT2D eigenvalue weighted by Gasteiger charge is -2.42. The van der Waals surface area contributed by atoms with E-state index >= 15 is 0 Å². The fourth-order valence-electron chi connectivity index (χ4n) is 4.15. The Morgan fingerprint density at radius 2 is 1.36 bits per heavy atom. The first-order chi connectivity index (χ1) is 10.5. The minimum Gasteiger partial charge on any atom is -0.390 e. The van der Waals surface area contributed by atoms with E-state index in [2.05, 4.69) is 31.0 Å². The summed E-state index contributed by atoms with van der Waals surface area (Å²) >= 11 is 0. The number of rotatable bonds is 6. The lowest BCUT2D eigenvalue weighted by atomic mass is 9.88. The highest BCUT2D eigenvalue weighted by Gasteiger charge is 2.30. The predicted molar refractivity (Wildman–Crippen MR) is 94.2 cm³/mol. The van der Waals surface area contributed by atoms with Crippen molar-refractivity contribution in [2.24, 2.45) is 0 Å². The van der Waals surface area contributed by atoms with Gasteiger partial charge in [0.15, 0.2) is 0 Å². The summed E-state index contributed by atoms with van der Waals surface area (Å²) < 4.78 is 0. The van der Waals surface area contributed by atoms with E-state index in [0.29, 0.717) is 6.54 Å². The SMILES string of the molecule is CC(C)(C)NCC(O)CN(C1CCCCC1)C1CCCCC1. The monoisotopic (exact) mass is 310 g/mol. The van der Waals surface area contributed by atoms with Crippen LogP contribution in [0.1, 0.15) is 85.0 Å². The molecule has 3 nitrogen and oxygen atoms in total. The second kappa shape index (κ2) is 8.65. The molecule has 1 unspecified atom stereocenters. The summed E-state index contributed by atoms with van der Waals surface area (Å²) in [6, 6.07) is 1.45. The number of aliphatic hydroxyl groups is 1. The van der Waals surface area contributed by atoms with Gasteiger partial charge in [-0.1, -0.05) is 38.5 Å². The largest absolute Gasteiger partial charge is 0.390 e. The molecule has 0 aliphatic heterocycles. The van der Waals surface area contributed by atoms with Crippen LogP contribution >= 0.6 is 0 Å². The summed E-state index contributed by atoms with van der Waals surface area (Å²) in [6.45, 7) is 8.07. The van der Waals surface area contributed by atoms with Crippen molar-refractivity contribution in [2.45, 2.75) is 109 Å². The van der Waals surface area contributed by atoms with E-state index in [1.807, 2.05) is 0 Å². The average Bonchev–Trinajstić information content (AvgIpc) is 2.52. The molecule has 0 heterocycles. The van der Waals surface area contributed by atoms with E-state index in [1.54, 1.807) is 0 Å². The van der Waals surface area contributed by atoms with Crippen LogP contribution in [0.15, 0.2) is 0 Å². The first kappa shape index (κ1) is 18.2. The molecule has 2 aliphatic rings. The van der Waals surface area contributed by atoms with Crippen LogP contribution in [0.4, 0.5) is 0 Å². The highest BCUT2D eigenvalue weighted by Crippen LogP contribution is 2.30. The molecule has 2 aliphatic carbocycles. The lowest BCUT2D eigenvalue weighted by molar-refractivity contribution is 0.0276. The molecule has 0 aromatic heterocycles. The fourth-order valence-corrected chi connectivity index (χ4v) is 4.15. The molecular formula is C19H38N2O. The van der Waals surface area contributed by atoms with Crippen LogP contribution in [0, 0.1) is 0 Å². The molecule has 130 valence electrons. The zero-order valence-corrected chi connectivity index (χ0v) is 15.1. The third-order valence-electron chi connectivity index (χ3n) is 5.38. The topological polar surface area (TPSA) is 35.5 Å². The smallest absolute Gasteiger partial charge is 0.0791 e. The number of hydrogen-bond acceptors (Lipinski definition) is 3. The van der Waals surface area contributed by atoms with Crippen LogP contribution in [-0.2, 0) is 0 Å². The Morgan fingerprint density at radius 3 is 1.77 bits per heavy atom. The van der Waals surface area contributed by atoms with Crippen molar-refractivity contribution in [1.29, 1.82) is 0 Å². The summed E-state index contributed by atoms with van der Waals surface area (Å²) in [4.78, 5) is 2.70. The van der Waals surface area contributed by atoms with Crippen molar-refractivity contribution in [3.8, 4) is 0 Å². The molecule has 22 heavy (non-hydrogen) atoms. The Kier molecular flexibility index (Phi) is 7.17. The van der Waals surface area contributed by atoms with Crippen LogP contribution in [0.5, 0.6) is 0 Å². The lowest BCUT2D eigenvalue weighted by Crippen LogP contribution is -2.51. The fraction of sp³-hybridized carbons (Fsp3) is 1.00. The Hall–Kier alpha value is -0.120. The Labute approximate surface area is 137 Å². The van der Waals surface area contributed by atoms with Crippen molar-refractivity contribution >= 4 is 0 Å². The molecule has 0 saturated heterocycles. The molecule has 0 aromatic rings. The van der Waals surface area contributed by atoms with E-state index in [1.165, 1.54) is 64.2 Å². The minimum atomic E-state index is -0.247. The van der Waals surface area contributed by atoms with Crippen molar-refractivity contribution in [3.05, 3.63) is 0 Å². The van der Waals surface area contributed by atoms with Gasteiger partial charge in [-0.15, -0.1) is 0 Å². The number of hydrogen-bond donors (Lipinski definition) is 2. The van der Waals surface area contributed by atoms with Crippen molar-refractivity contribution < 1.29 is 5.11 Å².